The van der Waals surface area contributed by atoms with Gasteiger partial charge in [0, 0.05) is 0 Å². The van der Waals surface area contributed by atoms with Crippen molar-refractivity contribution in [3.8, 4) is 0 Å². The quantitative estimate of drug-likeness (QED) is 0.751. The molecule has 0 spiro atoms. The van der Waals surface area contributed by atoms with Gasteiger partial charge in [-0.2, -0.15) is 0 Å². The highest BCUT2D eigenvalue weighted by Gasteiger charge is 2.57. The van der Waals surface area contributed by atoms with Gasteiger partial charge >= 0.3 is 0 Å². The van der Waals surface area contributed by atoms with E-state index in [9.17, 15) is 8.42 Å². The van der Waals surface area contributed by atoms with E-state index in [-0.39, 0.29) is 6.10 Å². The van der Waals surface area contributed by atoms with Gasteiger partial charge in [-0.25, -0.2) is 8.42 Å². The lowest BCUT2D eigenvalue weighted by atomic mass is 10.2. The molecule has 1 saturated heterocycles. The molecule has 0 aromatic heterocycles. The maximum Gasteiger partial charge on any atom is 0.184 e. The Hall–Kier alpha value is -0.870. The molecular weight excluding hydrogens is 224 g/mol. The van der Waals surface area contributed by atoms with Crippen LogP contribution in [0.5, 0.6) is 0 Å². The van der Waals surface area contributed by atoms with Crippen molar-refractivity contribution in [3.05, 3.63) is 30.3 Å². The zero-order valence-electron chi connectivity index (χ0n) is 8.93. The van der Waals surface area contributed by atoms with Gasteiger partial charge in [-0.3, -0.25) is 0 Å². The van der Waals surface area contributed by atoms with Crippen LogP contribution in [0.4, 0.5) is 0 Å². The number of benzene rings is 1. The molecule has 0 N–H and O–H groups in total. The summed E-state index contributed by atoms with van der Waals surface area (Å²) in [7, 11) is -3.16. The Bertz CT molecular complexity index is 484. The smallest absolute Gasteiger partial charge is 0.184 e. The van der Waals surface area contributed by atoms with Gasteiger partial charge in [0.2, 0.25) is 0 Å². The number of sulfone groups is 1. The van der Waals surface area contributed by atoms with Crippen molar-refractivity contribution < 1.29 is 13.2 Å². The molecule has 1 aliphatic carbocycles. The average molecular weight is 238 g/mol. The van der Waals surface area contributed by atoms with Gasteiger partial charge in [0.05, 0.1) is 22.4 Å². The molecule has 0 bridgehead atoms. The molecule has 3 rings (SSSR count). The molecule has 1 aliphatic heterocycles. The topological polar surface area (TPSA) is 46.7 Å². The molecule has 1 unspecified atom stereocenters. The Morgan fingerprint density at radius 1 is 1.25 bits per heavy atom. The Morgan fingerprint density at radius 3 is 2.38 bits per heavy atom. The van der Waals surface area contributed by atoms with Crippen LogP contribution in [0.25, 0.3) is 0 Å². The zero-order chi connectivity index (χ0) is 11.2. The predicted molar refractivity (Wildman–Crippen MR) is 59.9 cm³/mol. The summed E-state index contributed by atoms with van der Waals surface area (Å²) in [6.07, 6.45) is 2.42. The summed E-state index contributed by atoms with van der Waals surface area (Å²) in [6.45, 7) is 0.728. The summed E-state index contributed by atoms with van der Waals surface area (Å²) in [6, 6.07) is 8.75. The highest BCUT2D eigenvalue weighted by atomic mass is 32.2. The normalized spacial score (nSPS) is 26.4. The van der Waals surface area contributed by atoms with Gasteiger partial charge in [-0.15, -0.1) is 0 Å². The molecule has 2 aliphatic rings. The Labute approximate surface area is 95.3 Å². The average Bonchev–Trinajstić information content (AvgIpc) is 3.17. The van der Waals surface area contributed by atoms with E-state index in [1.165, 1.54) is 0 Å². The highest BCUT2D eigenvalue weighted by Crippen LogP contribution is 2.51. The highest BCUT2D eigenvalue weighted by molar-refractivity contribution is 7.93. The van der Waals surface area contributed by atoms with Crippen LogP contribution in [0.1, 0.15) is 19.3 Å². The van der Waals surface area contributed by atoms with E-state index in [2.05, 4.69) is 0 Å². The second kappa shape index (κ2) is 3.31. The Kier molecular flexibility index (Phi) is 2.13. The molecule has 1 aromatic carbocycles. The van der Waals surface area contributed by atoms with Gasteiger partial charge in [0.15, 0.2) is 9.84 Å². The van der Waals surface area contributed by atoms with Gasteiger partial charge in [0.25, 0.3) is 0 Å². The van der Waals surface area contributed by atoms with Crippen molar-refractivity contribution in [2.75, 3.05) is 6.61 Å². The maximum atomic E-state index is 12.4. The van der Waals surface area contributed by atoms with E-state index in [1.54, 1.807) is 24.3 Å². The number of hydrogen-bond acceptors (Lipinski definition) is 3. The summed E-state index contributed by atoms with van der Waals surface area (Å²) in [5.74, 6) is 0. The Morgan fingerprint density at radius 2 is 1.88 bits per heavy atom. The van der Waals surface area contributed by atoms with E-state index in [0.717, 1.165) is 19.4 Å². The fourth-order valence-electron chi connectivity index (χ4n) is 2.17. The van der Waals surface area contributed by atoms with Gasteiger partial charge < -0.3 is 4.74 Å². The monoisotopic (exact) mass is 238 g/mol. The van der Waals surface area contributed by atoms with Crippen LogP contribution in [0, 0.1) is 0 Å². The summed E-state index contributed by atoms with van der Waals surface area (Å²) < 4.78 is 29.5. The third-order valence-corrected chi connectivity index (χ3v) is 6.04. The summed E-state index contributed by atoms with van der Waals surface area (Å²) in [5, 5.41) is 0. The lowest BCUT2D eigenvalue weighted by molar-refractivity contribution is 0.389. The Balaban J connectivity index is 1.93. The van der Waals surface area contributed by atoms with Crippen LogP contribution in [0.2, 0.25) is 0 Å². The zero-order valence-corrected chi connectivity index (χ0v) is 9.74. The predicted octanol–water partition coefficient (Wildman–Crippen LogP) is 1.78. The van der Waals surface area contributed by atoms with Crippen LogP contribution in [0.15, 0.2) is 35.2 Å². The first kappa shape index (κ1) is 10.3. The van der Waals surface area contributed by atoms with Crippen molar-refractivity contribution in [2.45, 2.75) is 35.0 Å². The minimum absolute atomic E-state index is 0.181. The van der Waals surface area contributed by atoms with E-state index < -0.39 is 14.6 Å². The van der Waals surface area contributed by atoms with Crippen molar-refractivity contribution in [3.63, 3.8) is 0 Å². The molecule has 16 heavy (non-hydrogen) atoms. The van der Waals surface area contributed by atoms with Crippen molar-refractivity contribution in [2.24, 2.45) is 0 Å². The standard InChI is InChI=1S/C12H14O3S/c13-16(14,11-4-2-1-3-5-11)12(6-7-12)8-10-9-15-10/h1-5,10H,6-9H2. The largest absolute Gasteiger partial charge is 0.373 e. The van der Waals surface area contributed by atoms with Gasteiger partial charge in [0.1, 0.15) is 0 Å². The molecule has 1 heterocycles. The molecule has 0 radical (unpaired) electrons. The maximum absolute atomic E-state index is 12.4. The minimum Gasteiger partial charge on any atom is -0.373 e. The van der Waals surface area contributed by atoms with Crippen molar-refractivity contribution >= 4 is 9.84 Å². The van der Waals surface area contributed by atoms with E-state index in [1.807, 2.05) is 6.07 Å². The fraction of sp³-hybridized carbons (Fsp3) is 0.500. The summed E-state index contributed by atoms with van der Waals surface area (Å²) in [4.78, 5) is 0.452. The first-order valence-corrected chi connectivity index (χ1v) is 7.04. The first-order chi connectivity index (χ1) is 7.64. The molecule has 3 nitrogen and oxygen atoms in total. The van der Waals surface area contributed by atoms with E-state index >= 15 is 0 Å². The fourth-order valence-corrected chi connectivity index (χ4v) is 4.23. The van der Waals surface area contributed by atoms with Crippen LogP contribution in [-0.4, -0.2) is 25.9 Å². The molecular formula is C12H14O3S. The van der Waals surface area contributed by atoms with Crippen LogP contribution < -0.4 is 0 Å². The molecule has 1 atom stereocenters. The van der Waals surface area contributed by atoms with E-state index in [4.69, 9.17) is 4.74 Å². The molecule has 4 heteroatoms. The van der Waals surface area contributed by atoms with E-state index in [0.29, 0.717) is 11.3 Å². The van der Waals surface area contributed by atoms with Crippen molar-refractivity contribution in [1.29, 1.82) is 0 Å². The molecule has 1 saturated carbocycles. The van der Waals surface area contributed by atoms with Crippen LogP contribution in [0.3, 0.4) is 0 Å². The molecule has 2 fully saturated rings. The lowest BCUT2D eigenvalue weighted by Crippen LogP contribution is -2.25. The SMILES string of the molecule is O=S(=O)(c1ccccc1)C1(CC2CO2)CC1. The van der Waals surface area contributed by atoms with Gasteiger partial charge in [-0.05, 0) is 31.4 Å². The second-order valence-electron chi connectivity index (χ2n) is 4.66. The van der Waals surface area contributed by atoms with Gasteiger partial charge in [-0.1, -0.05) is 18.2 Å². The molecule has 0 amide bonds. The summed E-state index contributed by atoms with van der Waals surface area (Å²) in [5.41, 5.74) is 0. The number of rotatable bonds is 4. The molecule has 86 valence electrons. The molecule has 1 aromatic rings. The van der Waals surface area contributed by atoms with Crippen molar-refractivity contribution in [1.82, 2.24) is 0 Å². The third kappa shape index (κ3) is 1.57. The first-order valence-electron chi connectivity index (χ1n) is 5.55. The number of hydrogen-bond donors (Lipinski definition) is 0. The third-order valence-electron chi connectivity index (χ3n) is 3.43. The van der Waals surface area contributed by atoms with Crippen LogP contribution >= 0.6 is 0 Å². The van der Waals surface area contributed by atoms with Crippen LogP contribution in [-0.2, 0) is 14.6 Å². The lowest BCUT2D eigenvalue weighted by Gasteiger charge is -2.14. The number of epoxide rings is 1. The minimum atomic E-state index is -3.16. The number of ether oxygens (including phenoxy) is 1. The summed E-state index contributed by atoms with van der Waals surface area (Å²) >= 11 is 0. The second-order valence-corrected chi connectivity index (χ2v) is 7.00.